The van der Waals surface area contributed by atoms with Gasteiger partial charge in [-0.2, -0.15) is 0 Å². The molecule has 0 spiro atoms. The van der Waals surface area contributed by atoms with Crippen molar-refractivity contribution in [1.29, 1.82) is 0 Å². The van der Waals surface area contributed by atoms with E-state index in [4.69, 9.17) is 4.74 Å². The standard InChI is InChI=1S/C16H18O6/c1-3-21-15(19)12(14(18)16(20)22-4-2)10-13(17)11-8-6-5-7-9-11/h5-9,12H,3-4,10H2,1-2H3. The second-order valence-electron chi connectivity index (χ2n) is 4.38. The highest BCUT2D eigenvalue weighted by molar-refractivity contribution is 6.38. The number of ether oxygens (including phenoxy) is 2. The number of ketones is 2. The molecular weight excluding hydrogens is 288 g/mol. The summed E-state index contributed by atoms with van der Waals surface area (Å²) in [6.45, 7) is 3.17. The van der Waals surface area contributed by atoms with E-state index in [2.05, 4.69) is 4.74 Å². The first-order valence-corrected chi connectivity index (χ1v) is 6.97. The molecule has 1 atom stereocenters. The second-order valence-corrected chi connectivity index (χ2v) is 4.38. The van der Waals surface area contributed by atoms with E-state index in [0.717, 1.165) is 0 Å². The largest absolute Gasteiger partial charge is 0.465 e. The van der Waals surface area contributed by atoms with Crippen LogP contribution >= 0.6 is 0 Å². The molecule has 0 aromatic heterocycles. The van der Waals surface area contributed by atoms with Gasteiger partial charge >= 0.3 is 11.9 Å². The lowest BCUT2D eigenvalue weighted by Gasteiger charge is -2.13. The van der Waals surface area contributed by atoms with Gasteiger partial charge in [-0.1, -0.05) is 30.3 Å². The number of carbonyl (C=O) groups is 4. The maximum absolute atomic E-state index is 12.1. The van der Waals surface area contributed by atoms with Crippen molar-refractivity contribution >= 4 is 23.5 Å². The quantitative estimate of drug-likeness (QED) is 0.313. The summed E-state index contributed by atoms with van der Waals surface area (Å²) in [5, 5.41) is 0. The minimum absolute atomic E-state index is 0.00670. The van der Waals surface area contributed by atoms with Crippen LogP contribution in [0.15, 0.2) is 30.3 Å². The molecule has 1 aromatic carbocycles. The first-order chi connectivity index (χ1) is 10.5. The van der Waals surface area contributed by atoms with E-state index in [0.29, 0.717) is 5.56 Å². The predicted molar refractivity (Wildman–Crippen MR) is 77.2 cm³/mol. The molecule has 6 heteroatoms. The Balaban J connectivity index is 2.91. The minimum atomic E-state index is -1.48. The summed E-state index contributed by atoms with van der Waals surface area (Å²) in [7, 11) is 0. The molecule has 1 rings (SSSR count). The summed E-state index contributed by atoms with van der Waals surface area (Å²) < 4.78 is 9.36. The number of Topliss-reactive ketones (excluding diaryl/α,β-unsaturated/α-hetero) is 2. The van der Waals surface area contributed by atoms with Gasteiger partial charge in [-0.05, 0) is 13.8 Å². The smallest absolute Gasteiger partial charge is 0.375 e. The van der Waals surface area contributed by atoms with Crippen molar-refractivity contribution in [3.05, 3.63) is 35.9 Å². The van der Waals surface area contributed by atoms with Gasteiger partial charge in [-0.25, -0.2) is 4.79 Å². The number of carbonyl (C=O) groups excluding carboxylic acids is 4. The highest BCUT2D eigenvalue weighted by Gasteiger charge is 2.35. The van der Waals surface area contributed by atoms with Gasteiger partial charge in [0.15, 0.2) is 5.78 Å². The number of rotatable bonds is 8. The zero-order valence-electron chi connectivity index (χ0n) is 12.5. The molecule has 0 fully saturated rings. The summed E-state index contributed by atoms with van der Waals surface area (Å²) in [6.07, 6.45) is -0.430. The van der Waals surface area contributed by atoms with Gasteiger partial charge in [0, 0.05) is 12.0 Å². The first-order valence-electron chi connectivity index (χ1n) is 6.97. The van der Waals surface area contributed by atoms with E-state index in [1.807, 2.05) is 0 Å². The Hall–Kier alpha value is -2.50. The fourth-order valence-electron chi connectivity index (χ4n) is 1.80. The molecule has 0 saturated heterocycles. The zero-order chi connectivity index (χ0) is 16.5. The average Bonchev–Trinajstić information content (AvgIpc) is 2.53. The third kappa shape index (κ3) is 4.80. The predicted octanol–water partition coefficient (Wildman–Crippen LogP) is 1.57. The molecule has 1 unspecified atom stereocenters. The van der Waals surface area contributed by atoms with E-state index >= 15 is 0 Å². The van der Waals surface area contributed by atoms with E-state index in [9.17, 15) is 19.2 Å². The van der Waals surface area contributed by atoms with Crippen LogP contribution in [0.3, 0.4) is 0 Å². The molecule has 22 heavy (non-hydrogen) atoms. The van der Waals surface area contributed by atoms with Crippen molar-refractivity contribution in [2.24, 2.45) is 5.92 Å². The van der Waals surface area contributed by atoms with Crippen molar-refractivity contribution in [3.8, 4) is 0 Å². The van der Waals surface area contributed by atoms with Crippen LogP contribution in [0.2, 0.25) is 0 Å². The lowest BCUT2D eigenvalue weighted by Crippen LogP contribution is -2.34. The van der Waals surface area contributed by atoms with Crippen LogP contribution in [0.1, 0.15) is 30.6 Å². The SMILES string of the molecule is CCOC(=O)C(=O)C(CC(=O)c1ccccc1)C(=O)OCC. The number of hydrogen-bond acceptors (Lipinski definition) is 6. The number of hydrogen-bond donors (Lipinski definition) is 0. The van der Waals surface area contributed by atoms with Crippen molar-refractivity contribution < 1.29 is 28.7 Å². The summed E-state index contributed by atoms with van der Waals surface area (Å²) in [6, 6.07) is 8.21. The summed E-state index contributed by atoms with van der Waals surface area (Å²) >= 11 is 0. The van der Waals surface area contributed by atoms with Gasteiger partial charge in [-0.15, -0.1) is 0 Å². The Morgan fingerprint density at radius 2 is 1.55 bits per heavy atom. The van der Waals surface area contributed by atoms with Crippen LogP contribution in [0.5, 0.6) is 0 Å². The minimum Gasteiger partial charge on any atom is -0.465 e. The maximum Gasteiger partial charge on any atom is 0.375 e. The molecule has 0 aliphatic heterocycles. The molecular formula is C16H18O6. The summed E-state index contributed by atoms with van der Waals surface area (Å²) in [5.41, 5.74) is 0.355. The molecule has 0 amide bonds. The summed E-state index contributed by atoms with van der Waals surface area (Å²) in [4.78, 5) is 47.5. The fraction of sp³-hybridized carbons (Fsp3) is 0.375. The highest BCUT2D eigenvalue weighted by Crippen LogP contribution is 2.14. The summed E-state index contributed by atoms with van der Waals surface area (Å²) in [5.74, 6) is -5.00. The van der Waals surface area contributed by atoms with Crippen molar-refractivity contribution in [3.63, 3.8) is 0 Å². The molecule has 118 valence electrons. The molecule has 0 N–H and O–H groups in total. The van der Waals surface area contributed by atoms with E-state index in [-0.39, 0.29) is 13.2 Å². The van der Waals surface area contributed by atoms with Crippen LogP contribution in [-0.4, -0.2) is 36.7 Å². The second kappa shape index (κ2) is 8.71. The molecule has 0 saturated carbocycles. The molecule has 0 radical (unpaired) electrons. The monoisotopic (exact) mass is 306 g/mol. The molecule has 1 aromatic rings. The van der Waals surface area contributed by atoms with Crippen molar-refractivity contribution in [2.75, 3.05) is 13.2 Å². The molecule has 0 aliphatic carbocycles. The number of benzene rings is 1. The molecule has 6 nitrogen and oxygen atoms in total. The van der Waals surface area contributed by atoms with Gasteiger partial charge in [-0.3, -0.25) is 14.4 Å². The third-order valence-electron chi connectivity index (χ3n) is 2.85. The Labute approximate surface area is 128 Å². The Morgan fingerprint density at radius 3 is 2.09 bits per heavy atom. The lowest BCUT2D eigenvalue weighted by molar-refractivity contribution is -0.161. The van der Waals surface area contributed by atoms with Crippen molar-refractivity contribution in [1.82, 2.24) is 0 Å². The lowest BCUT2D eigenvalue weighted by atomic mass is 9.94. The van der Waals surface area contributed by atoms with Gasteiger partial charge < -0.3 is 9.47 Å². The van der Waals surface area contributed by atoms with Gasteiger partial charge in [0.05, 0.1) is 13.2 Å². The first kappa shape index (κ1) is 17.6. The van der Waals surface area contributed by atoms with Gasteiger partial charge in [0.2, 0.25) is 0 Å². The highest BCUT2D eigenvalue weighted by atomic mass is 16.5. The van der Waals surface area contributed by atoms with Gasteiger partial charge in [0.25, 0.3) is 5.78 Å². The zero-order valence-corrected chi connectivity index (χ0v) is 12.5. The normalized spacial score (nSPS) is 11.4. The van der Waals surface area contributed by atoms with Crippen LogP contribution in [-0.2, 0) is 23.9 Å². The van der Waals surface area contributed by atoms with Crippen LogP contribution in [0.25, 0.3) is 0 Å². The fourth-order valence-corrected chi connectivity index (χ4v) is 1.80. The Morgan fingerprint density at radius 1 is 0.955 bits per heavy atom. The van der Waals surface area contributed by atoms with Crippen molar-refractivity contribution in [2.45, 2.75) is 20.3 Å². The van der Waals surface area contributed by atoms with Crippen LogP contribution < -0.4 is 0 Å². The molecule has 0 heterocycles. The number of esters is 2. The Bertz CT molecular complexity index is 549. The average molecular weight is 306 g/mol. The van der Waals surface area contributed by atoms with E-state index in [1.165, 1.54) is 0 Å². The topological polar surface area (TPSA) is 86.7 Å². The Kier molecular flexibility index (Phi) is 6.95. The van der Waals surface area contributed by atoms with Gasteiger partial charge in [0.1, 0.15) is 5.92 Å². The maximum atomic E-state index is 12.1. The third-order valence-corrected chi connectivity index (χ3v) is 2.85. The molecule has 0 bridgehead atoms. The van der Waals surface area contributed by atoms with E-state index in [1.54, 1.807) is 44.2 Å². The molecule has 0 aliphatic rings. The van der Waals surface area contributed by atoms with E-state index < -0.39 is 35.8 Å². The van der Waals surface area contributed by atoms with Crippen LogP contribution in [0, 0.1) is 5.92 Å². The van der Waals surface area contributed by atoms with Crippen LogP contribution in [0.4, 0.5) is 0 Å².